The summed E-state index contributed by atoms with van der Waals surface area (Å²) in [7, 11) is 2.06. The van der Waals surface area contributed by atoms with E-state index in [4.69, 9.17) is 0 Å². The summed E-state index contributed by atoms with van der Waals surface area (Å²) in [5.74, 6) is -3.03. The maximum atomic E-state index is 13.0. The molecule has 2 aliphatic rings. The minimum Gasteiger partial charge on any atom is -0.352 e. The van der Waals surface area contributed by atoms with Gasteiger partial charge in [0, 0.05) is 25.0 Å². The molecule has 2 N–H and O–H groups in total. The highest BCUT2D eigenvalue weighted by Gasteiger charge is 2.42. The topological polar surface area (TPSA) is 44.4 Å². The molecule has 0 spiro atoms. The van der Waals surface area contributed by atoms with Gasteiger partial charge in [-0.05, 0) is 26.8 Å². The van der Waals surface area contributed by atoms with Crippen molar-refractivity contribution in [2.45, 2.75) is 50.2 Å². The van der Waals surface area contributed by atoms with E-state index < -0.39 is 18.5 Å². The van der Waals surface area contributed by atoms with Gasteiger partial charge in [0.05, 0.1) is 12.6 Å². The molecule has 0 radical (unpaired) electrons. The fraction of sp³-hybridized carbons (Fsp3) is 0.917. The zero-order valence-electron chi connectivity index (χ0n) is 10.9. The number of rotatable bonds is 2. The van der Waals surface area contributed by atoms with E-state index in [1.807, 2.05) is 0 Å². The van der Waals surface area contributed by atoms with E-state index in [0.29, 0.717) is 6.04 Å². The number of piperidine rings is 1. The van der Waals surface area contributed by atoms with Crippen LogP contribution in [0.15, 0.2) is 0 Å². The summed E-state index contributed by atoms with van der Waals surface area (Å²) in [6.07, 6.45) is 1.38. The molecule has 4 nitrogen and oxygen atoms in total. The zero-order chi connectivity index (χ0) is 13.3. The van der Waals surface area contributed by atoms with E-state index in [1.165, 1.54) is 0 Å². The summed E-state index contributed by atoms with van der Waals surface area (Å²) in [6, 6.07) is -0.211. The summed E-state index contributed by atoms with van der Waals surface area (Å²) in [6.45, 7) is 2.65. The molecule has 104 valence electrons. The average molecular weight is 261 g/mol. The molecule has 3 unspecified atom stereocenters. The fourth-order valence-corrected chi connectivity index (χ4v) is 2.62. The number of amides is 1. The third kappa shape index (κ3) is 3.17. The van der Waals surface area contributed by atoms with E-state index in [0.717, 1.165) is 19.4 Å². The van der Waals surface area contributed by atoms with Crippen LogP contribution in [0.25, 0.3) is 0 Å². The molecule has 0 aromatic carbocycles. The minimum atomic E-state index is -2.75. The van der Waals surface area contributed by atoms with Gasteiger partial charge in [0.15, 0.2) is 0 Å². The van der Waals surface area contributed by atoms with Gasteiger partial charge in [0.1, 0.15) is 0 Å². The molecule has 2 rings (SSSR count). The quantitative estimate of drug-likeness (QED) is 0.764. The highest BCUT2D eigenvalue weighted by atomic mass is 19.3. The van der Waals surface area contributed by atoms with Gasteiger partial charge in [-0.15, -0.1) is 0 Å². The number of nitrogens with zero attached hydrogens (tertiary/aromatic N) is 1. The van der Waals surface area contributed by atoms with Crippen molar-refractivity contribution in [1.29, 1.82) is 0 Å². The minimum absolute atomic E-state index is 0.111. The normalized spacial score (nSPS) is 36.6. The molecular formula is C12H21F2N3O. The molecule has 1 amide bonds. The Kier molecular flexibility index (Phi) is 3.87. The highest BCUT2D eigenvalue weighted by molar-refractivity contribution is 5.82. The second kappa shape index (κ2) is 5.09. The molecule has 0 aromatic rings. The van der Waals surface area contributed by atoms with Crippen LogP contribution >= 0.6 is 0 Å². The van der Waals surface area contributed by atoms with Crippen LogP contribution in [0.2, 0.25) is 0 Å². The van der Waals surface area contributed by atoms with Crippen molar-refractivity contribution in [2.75, 3.05) is 20.1 Å². The molecule has 0 aromatic heterocycles. The van der Waals surface area contributed by atoms with E-state index >= 15 is 0 Å². The standard InChI is InChI=1S/C12H21F2N3O/c1-8-5-9(3-4-17(8)2)16-11(18)10-6-12(13,14)7-15-10/h8-10,15H,3-7H2,1-2H3,(H,16,18). The number of nitrogens with one attached hydrogen (secondary N) is 2. The summed E-state index contributed by atoms with van der Waals surface area (Å²) in [5, 5.41) is 5.47. The number of carbonyl (C=O) groups is 1. The lowest BCUT2D eigenvalue weighted by Gasteiger charge is -2.35. The van der Waals surface area contributed by atoms with Crippen molar-refractivity contribution in [2.24, 2.45) is 0 Å². The smallest absolute Gasteiger partial charge is 0.262 e. The number of halogens is 2. The van der Waals surface area contributed by atoms with E-state index in [9.17, 15) is 13.6 Å². The molecule has 2 saturated heterocycles. The number of alkyl halides is 2. The molecule has 0 aliphatic carbocycles. The molecule has 2 aliphatic heterocycles. The predicted octanol–water partition coefficient (Wildman–Crippen LogP) is 0.583. The average Bonchev–Trinajstić information content (AvgIpc) is 2.64. The second-order valence-electron chi connectivity index (χ2n) is 5.55. The summed E-state index contributed by atoms with van der Waals surface area (Å²) < 4.78 is 26.0. The summed E-state index contributed by atoms with van der Waals surface area (Å²) in [4.78, 5) is 14.1. The first kappa shape index (κ1) is 13.7. The molecule has 3 atom stereocenters. The molecule has 0 saturated carbocycles. The van der Waals surface area contributed by atoms with Crippen LogP contribution in [-0.4, -0.2) is 55.0 Å². The van der Waals surface area contributed by atoms with Gasteiger partial charge in [0.25, 0.3) is 5.92 Å². The van der Waals surface area contributed by atoms with E-state index in [2.05, 4.69) is 29.5 Å². The lowest BCUT2D eigenvalue weighted by Crippen LogP contribution is -2.51. The van der Waals surface area contributed by atoms with Crippen LogP contribution in [0, 0.1) is 0 Å². The molecular weight excluding hydrogens is 240 g/mol. The Labute approximate surface area is 106 Å². The maximum absolute atomic E-state index is 13.0. The predicted molar refractivity (Wildman–Crippen MR) is 64.6 cm³/mol. The van der Waals surface area contributed by atoms with Gasteiger partial charge in [-0.1, -0.05) is 0 Å². The summed E-state index contributed by atoms with van der Waals surface area (Å²) in [5.41, 5.74) is 0. The number of carbonyl (C=O) groups excluding carboxylic acids is 1. The Morgan fingerprint density at radius 2 is 2.22 bits per heavy atom. The largest absolute Gasteiger partial charge is 0.352 e. The summed E-state index contributed by atoms with van der Waals surface area (Å²) >= 11 is 0. The number of hydrogen-bond acceptors (Lipinski definition) is 3. The monoisotopic (exact) mass is 261 g/mol. The third-order valence-corrected chi connectivity index (χ3v) is 3.98. The Hall–Kier alpha value is -0.750. The van der Waals surface area contributed by atoms with Crippen LogP contribution in [0.1, 0.15) is 26.2 Å². The van der Waals surface area contributed by atoms with Crippen LogP contribution in [0.3, 0.4) is 0 Å². The third-order valence-electron chi connectivity index (χ3n) is 3.98. The van der Waals surface area contributed by atoms with Gasteiger partial charge in [-0.3, -0.25) is 10.1 Å². The molecule has 2 fully saturated rings. The van der Waals surface area contributed by atoms with Crippen molar-refractivity contribution < 1.29 is 13.6 Å². The van der Waals surface area contributed by atoms with Crippen molar-refractivity contribution in [1.82, 2.24) is 15.5 Å². The Bertz CT molecular complexity index is 324. The lowest BCUT2D eigenvalue weighted by atomic mass is 9.98. The first-order valence-electron chi connectivity index (χ1n) is 6.49. The Morgan fingerprint density at radius 3 is 2.78 bits per heavy atom. The maximum Gasteiger partial charge on any atom is 0.262 e. The van der Waals surface area contributed by atoms with Gasteiger partial charge in [-0.2, -0.15) is 0 Å². The number of hydrogen-bond donors (Lipinski definition) is 2. The van der Waals surface area contributed by atoms with Crippen LogP contribution < -0.4 is 10.6 Å². The fourth-order valence-electron chi connectivity index (χ4n) is 2.62. The van der Waals surface area contributed by atoms with Gasteiger partial charge >= 0.3 is 0 Å². The van der Waals surface area contributed by atoms with Crippen LogP contribution in [0.4, 0.5) is 8.78 Å². The second-order valence-corrected chi connectivity index (χ2v) is 5.55. The molecule has 18 heavy (non-hydrogen) atoms. The SMILES string of the molecule is CC1CC(NC(=O)C2CC(F)(F)CN2)CCN1C. The Morgan fingerprint density at radius 1 is 1.50 bits per heavy atom. The van der Waals surface area contributed by atoms with E-state index in [1.54, 1.807) is 0 Å². The van der Waals surface area contributed by atoms with Crippen molar-refractivity contribution in [3.8, 4) is 0 Å². The van der Waals surface area contributed by atoms with Crippen LogP contribution in [0.5, 0.6) is 0 Å². The van der Waals surface area contributed by atoms with Gasteiger partial charge in [-0.25, -0.2) is 8.78 Å². The molecule has 0 bridgehead atoms. The first-order valence-corrected chi connectivity index (χ1v) is 6.49. The zero-order valence-corrected chi connectivity index (χ0v) is 10.9. The lowest BCUT2D eigenvalue weighted by molar-refractivity contribution is -0.124. The van der Waals surface area contributed by atoms with Crippen molar-refractivity contribution in [3.05, 3.63) is 0 Å². The molecule has 2 heterocycles. The first-order chi connectivity index (χ1) is 8.37. The van der Waals surface area contributed by atoms with Gasteiger partial charge < -0.3 is 10.2 Å². The van der Waals surface area contributed by atoms with E-state index in [-0.39, 0.29) is 18.4 Å². The highest BCUT2D eigenvalue weighted by Crippen LogP contribution is 2.25. The van der Waals surface area contributed by atoms with Gasteiger partial charge in [0.2, 0.25) is 5.91 Å². The van der Waals surface area contributed by atoms with Crippen LogP contribution in [-0.2, 0) is 4.79 Å². The van der Waals surface area contributed by atoms with Crippen molar-refractivity contribution in [3.63, 3.8) is 0 Å². The van der Waals surface area contributed by atoms with Crippen molar-refractivity contribution >= 4 is 5.91 Å². The number of likely N-dealkylation sites (tertiary alicyclic amines) is 1. The Balaban J connectivity index is 1.81. The molecule has 6 heteroatoms.